The number of alkyl halides is 3. The number of likely N-dealkylation sites (N-methyl/N-ethyl adjacent to an activating group) is 2. The number of aliphatic hydroxyl groups excluding tert-OH is 2. The zero-order valence-corrected chi connectivity index (χ0v) is 28.5. The molecular formula is C37H51F3N4O5. The molecule has 9 nitrogen and oxygen atoms in total. The van der Waals surface area contributed by atoms with Gasteiger partial charge in [-0.1, -0.05) is 74.3 Å². The van der Waals surface area contributed by atoms with Gasteiger partial charge in [0.15, 0.2) is 0 Å². The minimum Gasteiger partial charge on any atom is -0.389 e. The summed E-state index contributed by atoms with van der Waals surface area (Å²) in [4.78, 5) is 43.7. The monoisotopic (exact) mass is 688 g/mol. The van der Waals surface area contributed by atoms with Crippen molar-refractivity contribution in [3.8, 4) is 37.0 Å². The number of nitrogens with one attached hydrogen (secondary N) is 2. The van der Waals surface area contributed by atoms with Crippen molar-refractivity contribution in [2.75, 3.05) is 40.9 Å². The maximum Gasteiger partial charge on any atom is 0.245 e. The fourth-order valence-corrected chi connectivity index (χ4v) is 5.69. The maximum absolute atomic E-state index is 13.8. The first-order valence-electron chi connectivity index (χ1n) is 16.4. The van der Waals surface area contributed by atoms with Crippen LogP contribution < -0.4 is 10.6 Å². The highest BCUT2D eigenvalue weighted by Crippen LogP contribution is 2.29. The molecular weight excluding hydrogens is 637 g/mol. The summed E-state index contributed by atoms with van der Waals surface area (Å²) >= 11 is 0. The van der Waals surface area contributed by atoms with Crippen LogP contribution in [0.1, 0.15) is 56.9 Å². The quantitative estimate of drug-likeness (QED) is 0.139. The SMILES string of the molecule is C#CCC(O)C(O)C(CC1CCCCC1)NC(=O)[C@@H](NC(=O)C(CC(=O)N(C)CCN(C)CF)Cc1ccccc1)C(C#C)C#C.FCF. The smallest absolute Gasteiger partial charge is 0.245 e. The van der Waals surface area contributed by atoms with Crippen molar-refractivity contribution >= 4 is 17.7 Å². The zero-order chi connectivity index (χ0) is 36.8. The number of halogens is 3. The Balaban J connectivity index is 0.00000385. The molecule has 0 heterocycles. The van der Waals surface area contributed by atoms with Gasteiger partial charge in [0.25, 0.3) is 0 Å². The van der Waals surface area contributed by atoms with Crippen LogP contribution in [0, 0.1) is 54.8 Å². The van der Waals surface area contributed by atoms with E-state index in [4.69, 9.17) is 19.3 Å². The molecule has 0 bridgehead atoms. The lowest BCUT2D eigenvalue weighted by molar-refractivity contribution is -0.137. The number of aliphatic hydroxyl groups is 2. The van der Waals surface area contributed by atoms with E-state index in [1.165, 1.54) is 9.80 Å². The molecule has 270 valence electrons. The van der Waals surface area contributed by atoms with E-state index in [0.29, 0.717) is 13.0 Å². The number of benzene rings is 1. The highest BCUT2D eigenvalue weighted by atomic mass is 19.3. The standard InChI is InChI=1S/C36H49FN4O5.CH2F2/c1-6-15-31(42)34(44)30(23-27-18-13-10-14-19-27)38-36(46)33(28(7-2)8-3)39-35(45)29(22-26-16-11-9-12-17-26)24-32(43)41(5)21-20-40(4)25-37;2-1-3/h1-3,9,11-12,16-17,27-31,33-34,42,44H,10,13-15,18-25H2,4-5H3,(H,38,46)(H,39,45);1H2/t29?,30?,31?,33-,34?;/m0./s1. The molecule has 49 heavy (non-hydrogen) atoms. The lowest BCUT2D eigenvalue weighted by Gasteiger charge is -2.33. The Morgan fingerprint density at radius 2 is 1.55 bits per heavy atom. The molecule has 5 atom stereocenters. The number of carbonyl (C=O) groups excluding carboxylic acids is 3. The molecule has 12 heteroatoms. The Labute approximate surface area is 289 Å². The van der Waals surface area contributed by atoms with Crippen LogP contribution in [-0.2, 0) is 20.8 Å². The second kappa shape index (κ2) is 24.2. The Kier molecular flexibility index (Phi) is 21.2. The van der Waals surface area contributed by atoms with Gasteiger partial charge in [-0.25, -0.2) is 13.2 Å². The lowest BCUT2D eigenvalue weighted by atomic mass is 9.82. The van der Waals surface area contributed by atoms with Crippen LogP contribution in [0.4, 0.5) is 13.2 Å². The topological polar surface area (TPSA) is 122 Å². The van der Waals surface area contributed by atoms with Gasteiger partial charge in [0, 0.05) is 33.0 Å². The van der Waals surface area contributed by atoms with E-state index in [-0.39, 0.29) is 37.6 Å². The van der Waals surface area contributed by atoms with E-state index in [9.17, 15) is 37.8 Å². The van der Waals surface area contributed by atoms with E-state index < -0.39 is 61.7 Å². The highest BCUT2D eigenvalue weighted by Gasteiger charge is 2.36. The first-order valence-corrected chi connectivity index (χ1v) is 16.4. The molecule has 1 aromatic rings. The number of hydrogen-bond acceptors (Lipinski definition) is 6. The first-order chi connectivity index (χ1) is 23.4. The van der Waals surface area contributed by atoms with E-state index >= 15 is 0 Å². The number of rotatable bonds is 18. The highest BCUT2D eigenvalue weighted by molar-refractivity contribution is 5.91. The van der Waals surface area contributed by atoms with Gasteiger partial charge in [-0.3, -0.25) is 19.3 Å². The number of nitrogens with zero attached hydrogens (tertiary/aromatic N) is 2. The van der Waals surface area contributed by atoms with Gasteiger partial charge in [-0.05, 0) is 31.4 Å². The Morgan fingerprint density at radius 1 is 0.939 bits per heavy atom. The van der Waals surface area contributed by atoms with Crippen molar-refractivity contribution in [3.63, 3.8) is 0 Å². The van der Waals surface area contributed by atoms with E-state index in [1.54, 1.807) is 14.1 Å². The average molecular weight is 689 g/mol. The van der Waals surface area contributed by atoms with Gasteiger partial charge < -0.3 is 25.7 Å². The predicted octanol–water partition coefficient (Wildman–Crippen LogP) is 3.00. The van der Waals surface area contributed by atoms with E-state index in [2.05, 4.69) is 28.4 Å². The minimum atomic E-state index is -1.75. The van der Waals surface area contributed by atoms with Crippen LogP contribution >= 0.6 is 0 Å². The summed E-state index contributed by atoms with van der Waals surface area (Å²) < 4.78 is 32.1. The van der Waals surface area contributed by atoms with Gasteiger partial charge >= 0.3 is 0 Å². The van der Waals surface area contributed by atoms with Gasteiger partial charge in [0.1, 0.15) is 24.9 Å². The third kappa shape index (κ3) is 15.8. The maximum atomic E-state index is 13.8. The van der Waals surface area contributed by atoms with Crippen molar-refractivity contribution in [1.82, 2.24) is 20.4 Å². The van der Waals surface area contributed by atoms with Crippen LogP contribution in [0.3, 0.4) is 0 Å². The molecule has 0 aliphatic heterocycles. The van der Waals surface area contributed by atoms with E-state index in [0.717, 1.165) is 37.7 Å². The Bertz CT molecular complexity index is 1250. The summed E-state index contributed by atoms with van der Waals surface area (Å²) in [5, 5.41) is 27.0. The fourth-order valence-electron chi connectivity index (χ4n) is 5.69. The van der Waals surface area contributed by atoms with Gasteiger partial charge in [-0.15, -0.1) is 25.2 Å². The number of carbonyl (C=O) groups is 3. The Morgan fingerprint density at radius 3 is 2.10 bits per heavy atom. The number of amides is 3. The summed E-state index contributed by atoms with van der Waals surface area (Å²) in [5.41, 5.74) is 0.805. The van der Waals surface area contributed by atoms with Crippen molar-refractivity contribution < 1.29 is 37.8 Å². The molecule has 2 rings (SSSR count). The van der Waals surface area contributed by atoms with Crippen LogP contribution in [0.5, 0.6) is 0 Å². The van der Waals surface area contributed by atoms with Crippen LogP contribution in [-0.4, -0.2) is 103 Å². The number of hydrogen-bond donors (Lipinski definition) is 4. The summed E-state index contributed by atoms with van der Waals surface area (Å²) in [6, 6.07) is 6.90. The summed E-state index contributed by atoms with van der Waals surface area (Å²) in [6.07, 6.45) is 19.5. The van der Waals surface area contributed by atoms with Crippen LogP contribution in [0.2, 0.25) is 0 Å². The summed E-state index contributed by atoms with van der Waals surface area (Å²) in [5.74, 6) is 3.67. The predicted molar refractivity (Wildman–Crippen MR) is 183 cm³/mol. The number of terminal acetylenes is 3. The minimum absolute atomic E-state index is 0.108. The molecule has 0 spiro atoms. The molecule has 0 aromatic heterocycles. The normalized spacial score (nSPS) is 16.0. The zero-order valence-electron chi connectivity index (χ0n) is 28.5. The molecule has 1 fully saturated rings. The molecule has 3 amide bonds. The van der Waals surface area contributed by atoms with Crippen molar-refractivity contribution in [1.29, 1.82) is 0 Å². The molecule has 4 unspecified atom stereocenters. The van der Waals surface area contributed by atoms with Crippen molar-refractivity contribution in [3.05, 3.63) is 35.9 Å². The molecule has 4 N–H and O–H groups in total. The molecule has 0 saturated heterocycles. The van der Waals surface area contributed by atoms with Gasteiger partial charge in [0.05, 0.1) is 18.1 Å². The molecule has 1 aliphatic carbocycles. The fraction of sp³-hybridized carbons (Fsp3) is 0.595. The summed E-state index contributed by atoms with van der Waals surface area (Å²) in [6.45, 7) is -1.83. The largest absolute Gasteiger partial charge is 0.389 e. The lowest BCUT2D eigenvalue weighted by Crippen LogP contribution is -2.57. The molecule has 1 aliphatic rings. The van der Waals surface area contributed by atoms with Crippen molar-refractivity contribution in [2.45, 2.75) is 82.1 Å². The molecule has 0 radical (unpaired) electrons. The third-order valence-corrected chi connectivity index (χ3v) is 8.61. The summed E-state index contributed by atoms with van der Waals surface area (Å²) in [7, 11) is 3.18. The van der Waals surface area contributed by atoms with Gasteiger partial charge in [-0.2, -0.15) is 0 Å². The molecule has 1 aromatic carbocycles. The average Bonchev–Trinajstić information content (AvgIpc) is 3.10. The van der Waals surface area contributed by atoms with Crippen LogP contribution in [0.15, 0.2) is 30.3 Å². The second-order valence-electron chi connectivity index (χ2n) is 12.3. The first kappa shape index (κ1) is 43.0. The van der Waals surface area contributed by atoms with Crippen molar-refractivity contribution in [2.24, 2.45) is 17.8 Å². The van der Waals surface area contributed by atoms with Crippen LogP contribution in [0.25, 0.3) is 0 Å². The van der Waals surface area contributed by atoms with E-state index in [1.807, 2.05) is 30.3 Å². The Hall–Kier alpha value is -4.02. The third-order valence-electron chi connectivity index (χ3n) is 8.61. The molecule has 1 saturated carbocycles. The van der Waals surface area contributed by atoms with Gasteiger partial charge in [0.2, 0.25) is 24.6 Å². The second-order valence-corrected chi connectivity index (χ2v) is 12.3.